The van der Waals surface area contributed by atoms with Gasteiger partial charge in [-0.15, -0.1) is 0 Å². The molecule has 0 saturated carbocycles. The van der Waals surface area contributed by atoms with Gasteiger partial charge >= 0.3 is 0 Å². The van der Waals surface area contributed by atoms with Crippen LogP contribution in [-0.2, 0) is 18.9 Å². The Labute approximate surface area is 172 Å². The molecule has 2 aliphatic rings. The number of aliphatic hydroxyl groups is 2. The highest BCUT2D eigenvalue weighted by atomic mass is 35.5. The van der Waals surface area contributed by atoms with Crippen LogP contribution < -0.4 is 0 Å². The Hall–Kier alpha value is -1.22. The van der Waals surface area contributed by atoms with Gasteiger partial charge in [0.25, 0.3) is 0 Å². The van der Waals surface area contributed by atoms with Crippen molar-refractivity contribution >= 4 is 23.2 Å². The fraction of sp³-hybridized carbons (Fsp3) is 0.400. The van der Waals surface area contributed by atoms with E-state index in [4.69, 9.17) is 42.1 Å². The molecule has 2 aromatic carbocycles. The zero-order chi connectivity index (χ0) is 19.7. The highest BCUT2D eigenvalue weighted by Gasteiger charge is 2.44. The Morgan fingerprint density at radius 2 is 1.39 bits per heavy atom. The van der Waals surface area contributed by atoms with E-state index in [2.05, 4.69) is 0 Å². The van der Waals surface area contributed by atoms with Crippen LogP contribution in [0.15, 0.2) is 48.5 Å². The number of benzene rings is 2. The lowest BCUT2D eigenvalue weighted by Crippen LogP contribution is -2.54. The summed E-state index contributed by atoms with van der Waals surface area (Å²) in [5.74, 6) is 0. The minimum atomic E-state index is -1.08. The molecule has 2 heterocycles. The van der Waals surface area contributed by atoms with Gasteiger partial charge in [0, 0.05) is 21.2 Å². The number of halogens is 2. The van der Waals surface area contributed by atoms with E-state index in [0.29, 0.717) is 21.2 Å². The summed E-state index contributed by atoms with van der Waals surface area (Å²) < 4.78 is 23.3. The van der Waals surface area contributed by atoms with Crippen molar-refractivity contribution in [3.8, 4) is 0 Å². The monoisotopic (exact) mass is 426 g/mol. The summed E-state index contributed by atoms with van der Waals surface area (Å²) in [7, 11) is 0. The molecule has 28 heavy (non-hydrogen) atoms. The Kier molecular flexibility index (Phi) is 6.20. The van der Waals surface area contributed by atoms with Gasteiger partial charge in [0.1, 0.15) is 24.4 Å². The fourth-order valence-electron chi connectivity index (χ4n) is 3.33. The van der Waals surface area contributed by atoms with Gasteiger partial charge in [0.2, 0.25) is 0 Å². The molecule has 4 rings (SSSR count). The van der Waals surface area contributed by atoms with Gasteiger partial charge in [0.15, 0.2) is 12.6 Å². The van der Waals surface area contributed by atoms with Crippen LogP contribution in [0.25, 0.3) is 0 Å². The summed E-state index contributed by atoms with van der Waals surface area (Å²) in [6.45, 7) is -0.0457. The van der Waals surface area contributed by atoms with E-state index in [1.807, 2.05) is 6.07 Å². The molecule has 6 nitrogen and oxygen atoms in total. The van der Waals surface area contributed by atoms with Crippen molar-refractivity contribution < 1.29 is 29.2 Å². The predicted octanol–water partition coefficient (Wildman–Crippen LogP) is 3.24. The van der Waals surface area contributed by atoms with Crippen LogP contribution >= 0.6 is 23.2 Å². The van der Waals surface area contributed by atoms with Gasteiger partial charge in [-0.05, 0) is 24.3 Å². The van der Waals surface area contributed by atoms with E-state index >= 15 is 0 Å². The fourth-order valence-corrected chi connectivity index (χ4v) is 3.73. The third-order valence-corrected chi connectivity index (χ3v) is 5.22. The van der Waals surface area contributed by atoms with E-state index in [1.54, 1.807) is 42.5 Å². The van der Waals surface area contributed by atoms with Gasteiger partial charge in [-0.25, -0.2) is 0 Å². The molecule has 2 aliphatic heterocycles. The molecule has 0 spiro atoms. The first-order valence-electron chi connectivity index (χ1n) is 8.92. The van der Waals surface area contributed by atoms with Gasteiger partial charge < -0.3 is 29.2 Å². The molecule has 2 unspecified atom stereocenters. The standard InChI is InChI=1S/C20H20Cl2O6/c21-13-5-1-3-11(7-13)19-25-9-15(23)18-17(24)16(10-26-19)27-20(28-18)12-4-2-6-14(22)8-12/h1-8,15-20,23-24H,9-10H2/t15-,16+,17+,18+,19?,20?/m0/s1. The summed E-state index contributed by atoms with van der Waals surface area (Å²) >= 11 is 12.1. The average Bonchev–Trinajstić information content (AvgIpc) is 2.71. The first kappa shape index (κ1) is 20.1. The van der Waals surface area contributed by atoms with Gasteiger partial charge in [-0.3, -0.25) is 0 Å². The minimum Gasteiger partial charge on any atom is -0.388 e. The van der Waals surface area contributed by atoms with Crippen LogP contribution in [0.4, 0.5) is 0 Å². The van der Waals surface area contributed by atoms with Crippen molar-refractivity contribution in [2.45, 2.75) is 37.0 Å². The molecule has 6 atom stereocenters. The normalized spacial score (nSPS) is 33.6. The van der Waals surface area contributed by atoms with Crippen LogP contribution in [0.2, 0.25) is 10.0 Å². The lowest BCUT2D eigenvalue weighted by atomic mass is 10.0. The maximum Gasteiger partial charge on any atom is 0.185 e. The maximum absolute atomic E-state index is 10.6. The third-order valence-electron chi connectivity index (χ3n) is 4.75. The summed E-state index contributed by atoms with van der Waals surface area (Å²) in [6, 6.07) is 14.1. The molecular formula is C20H20Cl2O6. The molecule has 8 heteroatoms. The van der Waals surface area contributed by atoms with Gasteiger partial charge in [-0.1, -0.05) is 47.5 Å². The van der Waals surface area contributed by atoms with E-state index in [-0.39, 0.29) is 13.2 Å². The Morgan fingerprint density at radius 3 is 2.04 bits per heavy atom. The van der Waals surface area contributed by atoms with E-state index < -0.39 is 37.0 Å². The summed E-state index contributed by atoms with van der Waals surface area (Å²) in [6.07, 6.45) is -5.32. The van der Waals surface area contributed by atoms with Crippen LogP contribution in [0.5, 0.6) is 0 Å². The van der Waals surface area contributed by atoms with Crippen molar-refractivity contribution in [3.63, 3.8) is 0 Å². The molecule has 2 saturated heterocycles. The second-order valence-corrected chi connectivity index (χ2v) is 7.65. The number of rotatable bonds is 2. The number of hydrogen-bond acceptors (Lipinski definition) is 6. The molecule has 0 radical (unpaired) electrons. The van der Waals surface area contributed by atoms with Crippen molar-refractivity contribution in [2.75, 3.05) is 13.2 Å². The Morgan fingerprint density at radius 1 is 0.786 bits per heavy atom. The number of ether oxygens (including phenoxy) is 4. The molecule has 2 aromatic rings. The zero-order valence-electron chi connectivity index (χ0n) is 14.8. The molecule has 2 fully saturated rings. The van der Waals surface area contributed by atoms with Crippen LogP contribution in [0, 0.1) is 0 Å². The smallest absolute Gasteiger partial charge is 0.185 e. The number of aliphatic hydroxyl groups excluding tert-OH is 2. The SMILES string of the molecule is O[C@H]1[C@@H]2OC(c3cccc(Cl)c3)O[C@@H]1COC(c1cccc(Cl)c1)OC[C@@H]2O. The zero-order valence-corrected chi connectivity index (χ0v) is 16.3. The maximum atomic E-state index is 10.6. The Bertz CT molecular complexity index is 819. The van der Waals surface area contributed by atoms with Crippen LogP contribution in [0.3, 0.4) is 0 Å². The summed E-state index contributed by atoms with van der Waals surface area (Å²) in [4.78, 5) is 0. The highest BCUT2D eigenvalue weighted by Crippen LogP contribution is 2.35. The quantitative estimate of drug-likeness (QED) is 0.767. The molecule has 0 aromatic heterocycles. The Balaban J connectivity index is 1.57. The van der Waals surface area contributed by atoms with Crippen LogP contribution in [-0.4, -0.2) is 47.8 Å². The summed E-state index contributed by atoms with van der Waals surface area (Å²) in [5, 5.41) is 22.3. The largest absolute Gasteiger partial charge is 0.388 e. The molecule has 0 amide bonds. The van der Waals surface area contributed by atoms with Gasteiger partial charge in [0.05, 0.1) is 13.2 Å². The van der Waals surface area contributed by atoms with Crippen molar-refractivity contribution in [3.05, 3.63) is 69.7 Å². The average molecular weight is 427 g/mol. The highest BCUT2D eigenvalue weighted by molar-refractivity contribution is 6.30. The lowest BCUT2D eigenvalue weighted by Gasteiger charge is -2.40. The van der Waals surface area contributed by atoms with E-state index in [9.17, 15) is 10.2 Å². The second-order valence-electron chi connectivity index (χ2n) is 6.77. The predicted molar refractivity (Wildman–Crippen MR) is 102 cm³/mol. The van der Waals surface area contributed by atoms with Crippen molar-refractivity contribution in [1.29, 1.82) is 0 Å². The lowest BCUT2D eigenvalue weighted by molar-refractivity contribution is -0.308. The minimum absolute atomic E-state index is 0.0436. The molecule has 150 valence electrons. The van der Waals surface area contributed by atoms with Crippen LogP contribution in [0.1, 0.15) is 23.7 Å². The molecular weight excluding hydrogens is 407 g/mol. The third kappa shape index (κ3) is 4.35. The topological polar surface area (TPSA) is 77.4 Å². The van der Waals surface area contributed by atoms with E-state index in [0.717, 1.165) is 0 Å². The second kappa shape index (κ2) is 8.65. The van der Waals surface area contributed by atoms with E-state index in [1.165, 1.54) is 0 Å². The molecule has 2 N–H and O–H groups in total. The van der Waals surface area contributed by atoms with Crippen molar-refractivity contribution in [1.82, 2.24) is 0 Å². The summed E-state index contributed by atoms with van der Waals surface area (Å²) in [5.41, 5.74) is 1.39. The molecule has 0 aliphatic carbocycles. The molecule has 2 bridgehead atoms. The number of fused-ring (bicyclic) bond motifs is 2. The van der Waals surface area contributed by atoms with Gasteiger partial charge in [-0.2, -0.15) is 0 Å². The number of hydrogen-bond donors (Lipinski definition) is 2. The van der Waals surface area contributed by atoms with Crippen molar-refractivity contribution in [2.24, 2.45) is 0 Å². The first-order valence-corrected chi connectivity index (χ1v) is 9.68. The first-order chi connectivity index (χ1) is 13.5.